The number of Topliss-reactive ketones (excluding diaryl/α,β-unsaturated/α-hetero) is 1. The van der Waals surface area contributed by atoms with Gasteiger partial charge in [-0.3, -0.25) is 9.59 Å². The predicted molar refractivity (Wildman–Crippen MR) is 94.3 cm³/mol. The molecule has 1 atom stereocenters. The first-order valence-electron chi connectivity index (χ1n) is 8.65. The number of rotatable bonds is 5. The van der Waals surface area contributed by atoms with Gasteiger partial charge >= 0.3 is 0 Å². The monoisotopic (exact) mass is 338 g/mol. The molecule has 2 aromatic rings. The van der Waals surface area contributed by atoms with Crippen molar-refractivity contribution in [2.45, 2.75) is 25.7 Å². The largest absolute Gasteiger partial charge is 0.505 e. The van der Waals surface area contributed by atoms with Gasteiger partial charge < -0.3 is 10.0 Å². The van der Waals surface area contributed by atoms with Gasteiger partial charge in [0.1, 0.15) is 11.5 Å². The predicted octanol–water partition coefficient (Wildman–Crippen LogP) is 2.84. The van der Waals surface area contributed by atoms with Gasteiger partial charge in [-0.05, 0) is 37.0 Å². The normalized spacial score (nSPS) is 17.3. The number of likely N-dealkylation sites (tertiary alicyclic amines) is 1. The Bertz CT molecular complexity index is 746. The SMILES string of the molecule is O=C(CCc1ccccc1)[C@H]1CCCN(C(=O)c2ncccc2O)C1. The van der Waals surface area contributed by atoms with Crippen molar-refractivity contribution < 1.29 is 14.7 Å². The first-order valence-corrected chi connectivity index (χ1v) is 8.65. The molecule has 3 rings (SSSR count). The summed E-state index contributed by atoms with van der Waals surface area (Å²) in [5, 5.41) is 9.82. The van der Waals surface area contributed by atoms with Crippen LogP contribution in [-0.2, 0) is 11.2 Å². The summed E-state index contributed by atoms with van der Waals surface area (Å²) in [6, 6.07) is 13.0. The Hall–Kier alpha value is -2.69. The second-order valence-electron chi connectivity index (χ2n) is 6.41. The van der Waals surface area contributed by atoms with Crippen LogP contribution in [0.1, 0.15) is 35.3 Å². The number of hydrogen-bond acceptors (Lipinski definition) is 4. The van der Waals surface area contributed by atoms with Crippen molar-refractivity contribution in [3.63, 3.8) is 0 Å². The molecule has 130 valence electrons. The third-order valence-electron chi connectivity index (χ3n) is 4.66. The standard InChI is InChI=1S/C20H22N2O3/c23-17(11-10-15-6-2-1-3-7-15)16-8-5-13-22(14-16)20(25)19-18(24)9-4-12-21-19/h1-4,6-7,9,12,16,24H,5,8,10-11,13-14H2/t16-/m0/s1. The van der Waals surface area contributed by atoms with Gasteiger partial charge in [0.25, 0.3) is 5.91 Å². The fourth-order valence-corrected chi connectivity index (χ4v) is 3.25. The highest BCUT2D eigenvalue weighted by molar-refractivity contribution is 5.95. The summed E-state index contributed by atoms with van der Waals surface area (Å²) in [5.74, 6) is -0.359. The first-order chi connectivity index (χ1) is 12.1. The summed E-state index contributed by atoms with van der Waals surface area (Å²) in [5.41, 5.74) is 1.21. The zero-order chi connectivity index (χ0) is 17.6. The maximum absolute atomic E-state index is 12.6. The van der Waals surface area contributed by atoms with E-state index in [1.165, 1.54) is 12.3 Å². The van der Waals surface area contributed by atoms with Crippen LogP contribution in [0.3, 0.4) is 0 Å². The Morgan fingerprint density at radius 3 is 2.72 bits per heavy atom. The highest BCUT2D eigenvalue weighted by Gasteiger charge is 2.29. The van der Waals surface area contributed by atoms with E-state index in [4.69, 9.17) is 0 Å². The Morgan fingerprint density at radius 2 is 1.96 bits per heavy atom. The lowest BCUT2D eigenvalue weighted by molar-refractivity contribution is -0.124. The second kappa shape index (κ2) is 7.92. The van der Waals surface area contributed by atoms with Crippen LogP contribution in [0.4, 0.5) is 0 Å². The highest BCUT2D eigenvalue weighted by Crippen LogP contribution is 2.23. The number of aromatic hydroxyl groups is 1. The summed E-state index contributed by atoms with van der Waals surface area (Å²) in [7, 11) is 0. The molecular formula is C20H22N2O3. The highest BCUT2D eigenvalue weighted by atomic mass is 16.3. The quantitative estimate of drug-likeness (QED) is 0.910. The van der Waals surface area contributed by atoms with Gasteiger partial charge in [-0.2, -0.15) is 0 Å². The zero-order valence-electron chi connectivity index (χ0n) is 14.1. The number of amides is 1. The minimum Gasteiger partial charge on any atom is -0.505 e. The molecule has 0 saturated carbocycles. The van der Waals surface area contributed by atoms with Crippen LogP contribution >= 0.6 is 0 Å². The van der Waals surface area contributed by atoms with Crippen LogP contribution in [0.15, 0.2) is 48.7 Å². The van der Waals surface area contributed by atoms with Crippen LogP contribution in [0.25, 0.3) is 0 Å². The number of pyridine rings is 1. The topological polar surface area (TPSA) is 70.5 Å². The number of hydrogen-bond donors (Lipinski definition) is 1. The molecule has 1 saturated heterocycles. The molecule has 0 radical (unpaired) electrons. The molecule has 5 heteroatoms. The lowest BCUT2D eigenvalue weighted by Gasteiger charge is -2.32. The fraction of sp³-hybridized carbons (Fsp3) is 0.350. The molecule has 5 nitrogen and oxygen atoms in total. The number of carbonyl (C=O) groups excluding carboxylic acids is 2. The van der Waals surface area contributed by atoms with E-state index in [9.17, 15) is 14.7 Å². The third-order valence-corrected chi connectivity index (χ3v) is 4.66. The van der Waals surface area contributed by atoms with Crippen LogP contribution in [0, 0.1) is 5.92 Å². The molecule has 1 fully saturated rings. The van der Waals surface area contributed by atoms with Gasteiger partial charge in [0.2, 0.25) is 0 Å². The minimum atomic E-state index is -0.307. The van der Waals surface area contributed by atoms with Crippen molar-refractivity contribution in [3.8, 4) is 5.75 Å². The van der Waals surface area contributed by atoms with Crippen molar-refractivity contribution in [1.29, 1.82) is 0 Å². The molecule has 2 heterocycles. The first kappa shape index (κ1) is 17.1. The summed E-state index contributed by atoms with van der Waals surface area (Å²) in [6.45, 7) is 1.000. The van der Waals surface area contributed by atoms with Crippen molar-refractivity contribution in [3.05, 3.63) is 59.9 Å². The molecule has 1 aliphatic heterocycles. The average molecular weight is 338 g/mol. The van der Waals surface area contributed by atoms with Crippen LogP contribution < -0.4 is 0 Å². The summed E-state index contributed by atoms with van der Waals surface area (Å²) >= 11 is 0. The maximum Gasteiger partial charge on any atom is 0.276 e. The van der Waals surface area contributed by atoms with E-state index in [1.54, 1.807) is 11.0 Å². The Balaban J connectivity index is 1.60. The van der Waals surface area contributed by atoms with Crippen LogP contribution in [0.2, 0.25) is 0 Å². The number of aryl methyl sites for hydroxylation is 1. The third kappa shape index (κ3) is 4.24. The summed E-state index contributed by atoms with van der Waals surface area (Å²) < 4.78 is 0. The van der Waals surface area contributed by atoms with Crippen molar-refractivity contribution in [2.75, 3.05) is 13.1 Å². The van der Waals surface area contributed by atoms with Gasteiger partial charge in [0.05, 0.1) is 0 Å². The molecule has 0 aliphatic carbocycles. The van der Waals surface area contributed by atoms with E-state index < -0.39 is 0 Å². The lowest BCUT2D eigenvalue weighted by atomic mass is 9.90. The molecule has 1 aromatic heterocycles. The van der Waals surface area contributed by atoms with E-state index in [0.29, 0.717) is 19.5 Å². The molecule has 0 spiro atoms. The van der Waals surface area contributed by atoms with E-state index in [0.717, 1.165) is 24.8 Å². The van der Waals surface area contributed by atoms with Gasteiger partial charge in [-0.15, -0.1) is 0 Å². The average Bonchev–Trinajstić information content (AvgIpc) is 2.67. The molecule has 1 aliphatic rings. The molecule has 0 bridgehead atoms. The molecular weight excluding hydrogens is 316 g/mol. The van der Waals surface area contributed by atoms with Gasteiger partial charge in [-0.1, -0.05) is 30.3 Å². The summed E-state index contributed by atoms with van der Waals surface area (Å²) in [4.78, 5) is 30.7. The van der Waals surface area contributed by atoms with Crippen molar-refractivity contribution in [2.24, 2.45) is 5.92 Å². The Kier molecular flexibility index (Phi) is 5.43. The van der Waals surface area contributed by atoms with Crippen molar-refractivity contribution in [1.82, 2.24) is 9.88 Å². The number of ketones is 1. The Morgan fingerprint density at radius 1 is 1.16 bits per heavy atom. The number of nitrogens with zero attached hydrogens (tertiary/aromatic N) is 2. The van der Waals surface area contributed by atoms with Crippen LogP contribution in [0.5, 0.6) is 5.75 Å². The molecule has 1 N–H and O–H groups in total. The lowest BCUT2D eigenvalue weighted by Crippen LogP contribution is -2.42. The molecule has 0 unspecified atom stereocenters. The van der Waals surface area contributed by atoms with E-state index >= 15 is 0 Å². The molecule has 1 aromatic carbocycles. The second-order valence-corrected chi connectivity index (χ2v) is 6.41. The van der Waals surface area contributed by atoms with Crippen LogP contribution in [-0.4, -0.2) is 39.8 Å². The maximum atomic E-state index is 12.6. The van der Waals surface area contributed by atoms with Gasteiger partial charge in [0.15, 0.2) is 5.69 Å². The molecule has 25 heavy (non-hydrogen) atoms. The van der Waals surface area contributed by atoms with Crippen molar-refractivity contribution >= 4 is 11.7 Å². The van der Waals surface area contributed by atoms with E-state index in [2.05, 4.69) is 4.98 Å². The summed E-state index contributed by atoms with van der Waals surface area (Å²) in [6.07, 6.45) is 4.31. The number of piperidine rings is 1. The number of carbonyl (C=O) groups is 2. The van der Waals surface area contributed by atoms with E-state index in [1.807, 2.05) is 30.3 Å². The number of benzene rings is 1. The Labute approximate surface area is 147 Å². The smallest absolute Gasteiger partial charge is 0.276 e. The number of aromatic nitrogens is 1. The van der Waals surface area contributed by atoms with Gasteiger partial charge in [-0.25, -0.2) is 4.98 Å². The molecule has 1 amide bonds. The van der Waals surface area contributed by atoms with Gasteiger partial charge in [0, 0.05) is 31.6 Å². The van der Waals surface area contributed by atoms with E-state index in [-0.39, 0.29) is 29.1 Å². The minimum absolute atomic E-state index is 0.0554. The fourth-order valence-electron chi connectivity index (χ4n) is 3.25. The zero-order valence-corrected chi connectivity index (χ0v) is 14.1.